The fourth-order valence-corrected chi connectivity index (χ4v) is 7.09. The van der Waals surface area contributed by atoms with Crippen LogP contribution in [0.2, 0.25) is 5.02 Å². The lowest BCUT2D eigenvalue weighted by Gasteiger charge is -2.24. The van der Waals surface area contributed by atoms with E-state index in [-0.39, 0.29) is 57.3 Å². The third-order valence-electron chi connectivity index (χ3n) is 8.64. The number of nitrogens with zero attached hydrogens (tertiary/aromatic N) is 6. The molecule has 12 nitrogen and oxygen atoms in total. The minimum Gasteiger partial charge on any atom is -0.344 e. The van der Waals surface area contributed by atoms with Gasteiger partial charge in [-0.15, -0.1) is 0 Å². The SMILES string of the molecule is Cn1nc(NS(C)(=O)=O)c2c(Cl)ccc(-n3c(C(Cc4cc(F)cc(F)c4)NC(=O)Cn4ccc(C5CC5)n4)nc4cccc(C(F)(F)F)c4c3=O)c21. The number of hydrogen-bond acceptors (Lipinski definition) is 7. The van der Waals surface area contributed by atoms with E-state index in [1.54, 1.807) is 12.3 Å². The fourth-order valence-electron chi connectivity index (χ4n) is 6.36. The Bertz CT molecular complexity index is 2600. The van der Waals surface area contributed by atoms with Gasteiger partial charge in [0.25, 0.3) is 5.56 Å². The first-order valence-corrected chi connectivity index (χ1v) is 18.3. The van der Waals surface area contributed by atoms with Crippen molar-refractivity contribution < 1.29 is 35.2 Å². The summed E-state index contributed by atoms with van der Waals surface area (Å²) < 4.78 is 102. The van der Waals surface area contributed by atoms with Crippen LogP contribution in [0, 0.1) is 11.6 Å². The maximum atomic E-state index is 14.6. The first kappa shape index (κ1) is 36.0. The summed E-state index contributed by atoms with van der Waals surface area (Å²) in [6.07, 6.45) is -0.953. The Kier molecular flexibility index (Phi) is 9.00. The highest BCUT2D eigenvalue weighted by atomic mass is 35.5. The molecule has 1 atom stereocenters. The van der Waals surface area contributed by atoms with Gasteiger partial charge in [-0.3, -0.25) is 28.2 Å². The highest BCUT2D eigenvalue weighted by Crippen LogP contribution is 2.39. The zero-order valence-corrected chi connectivity index (χ0v) is 29.3. The van der Waals surface area contributed by atoms with Crippen LogP contribution < -0.4 is 15.6 Å². The number of nitrogens with one attached hydrogen (secondary N) is 2. The lowest BCUT2D eigenvalue weighted by molar-refractivity contribution is -0.136. The molecule has 2 N–H and O–H groups in total. The second-order valence-corrected chi connectivity index (χ2v) is 14.9. The van der Waals surface area contributed by atoms with Crippen molar-refractivity contribution in [3.05, 3.63) is 110 Å². The van der Waals surface area contributed by atoms with Gasteiger partial charge in [-0.05, 0) is 60.9 Å². The molecule has 3 heterocycles. The van der Waals surface area contributed by atoms with Gasteiger partial charge in [0.2, 0.25) is 15.9 Å². The maximum absolute atomic E-state index is 14.6. The van der Waals surface area contributed by atoms with E-state index in [4.69, 9.17) is 11.6 Å². The van der Waals surface area contributed by atoms with Crippen LogP contribution in [0.5, 0.6) is 0 Å². The number of benzene rings is 3. The van der Waals surface area contributed by atoms with Crippen LogP contribution in [0.3, 0.4) is 0 Å². The second-order valence-electron chi connectivity index (χ2n) is 12.8. The largest absolute Gasteiger partial charge is 0.417 e. The summed E-state index contributed by atoms with van der Waals surface area (Å²) >= 11 is 6.52. The maximum Gasteiger partial charge on any atom is 0.417 e. The summed E-state index contributed by atoms with van der Waals surface area (Å²) in [6, 6.07) is 8.61. The van der Waals surface area contributed by atoms with Gasteiger partial charge in [0.15, 0.2) is 5.82 Å². The predicted molar refractivity (Wildman–Crippen MR) is 185 cm³/mol. The van der Waals surface area contributed by atoms with Crippen molar-refractivity contribution in [1.82, 2.24) is 34.4 Å². The van der Waals surface area contributed by atoms with E-state index < -0.39 is 56.3 Å². The standard InChI is InChI=1S/C34H28ClF5N8O4S/c1-46-30-26(9-8-22(35)29(30)31(44-46)45-53(2,51)52)48-32(42-24-5-3-4-21(34(38,39)40)28(24)33(48)50)25(14-17-12-19(36)15-20(37)13-17)41-27(49)16-47-11-10-23(43-47)18-6-7-18/h3-5,8-13,15,18,25H,6-7,14,16H2,1-2H3,(H,41,49)(H,44,45). The van der Waals surface area contributed by atoms with Gasteiger partial charge in [-0.2, -0.15) is 23.4 Å². The van der Waals surface area contributed by atoms with Crippen LogP contribution in [0.15, 0.2) is 65.6 Å². The van der Waals surface area contributed by atoms with E-state index in [9.17, 15) is 40.0 Å². The molecule has 0 bridgehead atoms. The minimum atomic E-state index is -5.00. The molecule has 0 radical (unpaired) electrons. The van der Waals surface area contributed by atoms with Crippen molar-refractivity contribution in [3.8, 4) is 5.69 Å². The van der Waals surface area contributed by atoms with Gasteiger partial charge in [0.1, 0.15) is 24.0 Å². The summed E-state index contributed by atoms with van der Waals surface area (Å²) in [6.45, 7) is -0.315. The molecule has 1 saturated carbocycles. The molecule has 7 rings (SSSR count). The van der Waals surface area contributed by atoms with Crippen LogP contribution in [-0.2, 0) is 41.0 Å². The summed E-state index contributed by atoms with van der Waals surface area (Å²) in [7, 11) is -2.52. The Balaban J connectivity index is 1.48. The molecule has 19 heteroatoms. The van der Waals surface area contributed by atoms with Crippen molar-refractivity contribution >= 4 is 55.2 Å². The Morgan fingerprint density at radius 1 is 1.04 bits per heavy atom. The lowest BCUT2D eigenvalue weighted by atomic mass is 10.0. The molecule has 1 aliphatic rings. The van der Waals surface area contributed by atoms with E-state index in [2.05, 4.69) is 25.2 Å². The molecule has 0 saturated heterocycles. The van der Waals surface area contributed by atoms with E-state index in [0.717, 1.165) is 53.6 Å². The fraction of sp³-hybridized carbons (Fsp3) is 0.265. The number of carbonyl (C=O) groups excluding carboxylic acids is 1. The molecular weight excluding hydrogens is 747 g/mol. The first-order valence-electron chi connectivity index (χ1n) is 16.0. The molecule has 0 spiro atoms. The van der Waals surface area contributed by atoms with Crippen LogP contribution >= 0.6 is 11.6 Å². The summed E-state index contributed by atoms with van der Waals surface area (Å²) in [5.41, 5.74) is -2.19. The number of hydrogen-bond donors (Lipinski definition) is 2. The van der Waals surface area contributed by atoms with Crippen molar-refractivity contribution in [2.45, 2.75) is 43.9 Å². The third kappa shape index (κ3) is 7.33. The van der Waals surface area contributed by atoms with E-state index in [0.29, 0.717) is 12.0 Å². The minimum absolute atomic E-state index is 0.00270. The molecule has 0 aliphatic heterocycles. The van der Waals surface area contributed by atoms with Crippen LogP contribution in [0.4, 0.5) is 27.8 Å². The lowest BCUT2D eigenvalue weighted by Crippen LogP contribution is -2.37. The zero-order valence-electron chi connectivity index (χ0n) is 27.7. The number of amides is 1. The molecule has 1 unspecified atom stereocenters. The van der Waals surface area contributed by atoms with E-state index in [1.807, 2.05) is 0 Å². The Morgan fingerprint density at radius 2 is 1.75 bits per heavy atom. The van der Waals surface area contributed by atoms with Crippen LogP contribution in [0.25, 0.3) is 27.5 Å². The Labute approximate surface area is 302 Å². The zero-order chi connectivity index (χ0) is 38.0. The van der Waals surface area contributed by atoms with Gasteiger partial charge >= 0.3 is 6.18 Å². The average molecular weight is 775 g/mol. The molecule has 1 amide bonds. The number of alkyl halides is 3. The Hall–Kier alpha value is -5.36. The summed E-state index contributed by atoms with van der Waals surface area (Å²) in [5, 5.41) is 10.6. The van der Waals surface area contributed by atoms with Gasteiger partial charge in [0.05, 0.1) is 56.1 Å². The normalized spacial score (nSPS) is 14.2. The van der Waals surface area contributed by atoms with Gasteiger partial charge in [-0.25, -0.2) is 22.2 Å². The number of aryl methyl sites for hydroxylation is 1. The molecule has 1 aliphatic carbocycles. The quantitative estimate of drug-likeness (QED) is 0.168. The number of sulfonamides is 1. The van der Waals surface area contributed by atoms with Crippen molar-refractivity contribution in [3.63, 3.8) is 0 Å². The molecule has 1 fully saturated rings. The number of anilines is 1. The number of rotatable bonds is 10. The van der Waals surface area contributed by atoms with E-state index >= 15 is 0 Å². The van der Waals surface area contributed by atoms with Crippen LogP contribution in [-0.4, -0.2) is 49.7 Å². The monoisotopic (exact) mass is 774 g/mol. The Morgan fingerprint density at radius 3 is 2.42 bits per heavy atom. The van der Waals surface area contributed by atoms with Gasteiger partial charge < -0.3 is 5.32 Å². The third-order valence-corrected chi connectivity index (χ3v) is 9.52. The number of aromatic nitrogens is 6. The highest BCUT2D eigenvalue weighted by molar-refractivity contribution is 7.92. The molecule has 3 aromatic carbocycles. The number of carbonyl (C=O) groups is 1. The molecule has 6 aromatic rings. The average Bonchev–Trinajstić information content (AvgIpc) is 3.71. The molecule has 3 aromatic heterocycles. The highest BCUT2D eigenvalue weighted by Gasteiger charge is 2.36. The van der Waals surface area contributed by atoms with Crippen molar-refractivity contribution in [2.24, 2.45) is 7.05 Å². The molecular formula is C34H28ClF5N8O4S. The number of halogens is 6. The molecule has 53 heavy (non-hydrogen) atoms. The van der Waals surface area contributed by atoms with E-state index in [1.165, 1.54) is 34.6 Å². The first-order chi connectivity index (χ1) is 25.0. The van der Waals surface area contributed by atoms with Crippen molar-refractivity contribution in [2.75, 3.05) is 11.0 Å². The number of fused-ring (bicyclic) bond motifs is 2. The second kappa shape index (κ2) is 13.2. The van der Waals surface area contributed by atoms with Crippen LogP contribution in [0.1, 0.15) is 47.4 Å². The smallest absolute Gasteiger partial charge is 0.344 e. The summed E-state index contributed by atoms with van der Waals surface area (Å²) in [5.74, 6) is -2.79. The van der Waals surface area contributed by atoms with Gasteiger partial charge in [0, 0.05) is 31.6 Å². The summed E-state index contributed by atoms with van der Waals surface area (Å²) in [4.78, 5) is 32.8. The van der Waals surface area contributed by atoms with Gasteiger partial charge in [-0.1, -0.05) is 17.7 Å². The van der Waals surface area contributed by atoms with Crippen molar-refractivity contribution in [1.29, 1.82) is 0 Å². The molecule has 276 valence electrons. The predicted octanol–water partition coefficient (Wildman–Crippen LogP) is 5.77. The topological polar surface area (TPSA) is 146 Å².